The molecular formula is C8H20O2Si2. The van der Waals surface area contributed by atoms with Crippen LogP contribution in [-0.4, -0.2) is 16.6 Å². The molecule has 0 N–H and O–H groups in total. The highest BCUT2D eigenvalue weighted by Gasteiger charge is 2.15. The average molecular weight is 204 g/mol. The molecule has 0 unspecified atom stereocenters. The molecule has 0 amide bonds. The van der Waals surface area contributed by atoms with Crippen molar-refractivity contribution in [2.75, 3.05) is 0 Å². The molecule has 72 valence electrons. The van der Waals surface area contributed by atoms with Crippen molar-refractivity contribution in [3.8, 4) is 0 Å². The highest BCUT2D eigenvalue weighted by Crippen LogP contribution is 2.05. The standard InChI is InChI=1S/C8H20O2Si2/c1-11(2,3)9-7-8-10-12(4,5)6/h7-8H,1-6H3/b8-7+. The van der Waals surface area contributed by atoms with Crippen LogP contribution in [0.2, 0.25) is 39.3 Å². The molecule has 0 aromatic carbocycles. The molecule has 0 fully saturated rings. The summed E-state index contributed by atoms with van der Waals surface area (Å²) in [5.41, 5.74) is 0. The maximum atomic E-state index is 5.48. The third-order valence-electron chi connectivity index (χ3n) is 0.899. The van der Waals surface area contributed by atoms with Crippen LogP contribution in [0.3, 0.4) is 0 Å². The zero-order chi connectivity index (χ0) is 9.83. The summed E-state index contributed by atoms with van der Waals surface area (Å²) in [6, 6.07) is 0. The van der Waals surface area contributed by atoms with Crippen LogP contribution in [0.1, 0.15) is 0 Å². The van der Waals surface area contributed by atoms with Crippen LogP contribution < -0.4 is 0 Å². The Kier molecular flexibility index (Phi) is 4.06. The molecule has 0 spiro atoms. The van der Waals surface area contributed by atoms with Crippen LogP contribution in [0, 0.1) is 0 Å². The van der Waals surface area contributed by atoms with E-state index >= 15 is 0 Å². The second-order valence-corrected chi connectivity index (χ2v) is 13.7. The van der Waals surface area contributed by atoms with Crippen LogP contribution in [0.15, 0.2) is 12.5 Å². The number of hydrogen-bond donors (Lipinski definition) is 0. The van der Waals surface area contributed by atoms with Crippen molar-refractivity contribution in [1.82, 2.24) is 0 Å². The summed E-state index contributed by atoms with van der Waals surface area (Å²) in [5.74, 6) is 0. The van der Waals surface area contributed by atoms with E-state index in [0.717, 1.165) is 0 Å². The van der Waals surface area contributed by atoms with Gasteiger partial charge in [-0.2, -0.15) is 0 Å². The Balaban J connectivity index is 3.66. The van der Waals surface area contributed by atoms with Gasteiger partial charge in [-0.3, -0.25) is 0 Å². The van der Waals surface area contributed by atoms with Crippen LogP contribution >= 0.6 is 0 Å². The Morgan fingerprint density at radius 3 is 1.08 bits per heavy atom. The first-order chi connectivity index (χ1) is 5.21. The van der Waals surface area contributed by atoms with E-state index in [9.17, 15) is 0 Å². The number of rotatable bonds is 4. The van der Waals surface area contributed by atoms with E-state index in [1.165, 1.54) is 0 Å². The van der Waals surface area contributed by atoms with E-state index in [4.69, 9.17) is 8.85 Å². The van der Waals surface area contributed by atoms with E-state index < -0.39 is 16.6 Å². The summed E-state index contributed by atoms with van der Waals surface area (Å²) in [6.07, 6.45) is 3.37. The van der Waals surface area contributed by atoms with Gasteiger partial charge in [-0.05, 0) is 39.3 Å². The first-order valence-corrected chi connectivity index (χ1v) is 11.0. The van der Waals surface area contributed by atoms with Gasteiger partial charge in [0.1, 0.15) is 0 Å². The predicted molar refractivity (Wildman–Crippen MR) is 58.0 cm³/mol. The lowest BCUT2D eigenvalue weighted by molar-refractivity contribution is 0.418. The predicted octanol–water partition coefficient (Wildman–Crippen LogP) is 3.16. The smallest absolute Gasteiger partial charge is 0.241 e. The van der Waals surface area contributed by atoms with Crippen LogP contribution in [0.5, 0.6) is 0 Å². The van der Waals surface area contributed by atoms with Gasteiger partial charge >= 0.3 is 0 Å². The molecule has 0 heterocycles. The van der Waals surface area contributed by atoms with Gasteiger partial charge in [-0.15, -0.1) is 0 Å². The first kappa shape index (κ1) is 11.8. The van der Waals surface area contributed by atoms with Crippen molar-refractivity contribution in [3.05, 3.63) is 12.5 Å². The van der Waals surface area contributed by atoms with Gasteiger partial charge in [0.15, 0.2) is 0 Å². The van der Waals surface area contributed by atoms with Gasteiger partial charge in [-0.1, -0.05) is 0 Å². The zero-order valence-corrected chi connectivity index (χ0v) is 11.0. The minimum absolute atomic E-state index is 1.40. The lowest BCUT2D eigenvalue weighted by Crippen LogP contribution is -2.24. The van der Waals surface area contributed by atoms with Crippen molar-refractivity contribution in [3.63, 3.8) is 0 Å². The van der Waals surface area contributed by atoms with Crippen molar-refractivity contribution in [1.29, 1.82) is 0 Å². The Morgan fingerprint density at radius 2 is 0.917 bits per heavy atom. The lowest BCUT2D eigenvalue weighted by atomic mass is 11.1. The molecule has 0 rings (SSSR count). The Morgan fingerprint density at radius 1 is 0.667 bits per heavy atom. The summed E-state index contributed by atoms with van der Waals surface area (Å²) in [7, 11) is -2.81. The highest BCUT2D eigenvalue weighted by molar-refractivity contribution is 6.70. The zero-order valence-electron chi connectivity index (χ0n) is 8.97. The van der Waals surface area contributed by atoms with Gasteiger partial charge < -0.3 is 8.85 Å². The van der Waals surface area contributed by atoms with Crippen LogP contribution in [-0.2, 0) is 8.85 Å². The summed E-state index contributed by atoms with van der Waals surface area (Å²) in [5, 5.41) is 0. The van der Waals surface area contributed by atoms with E-state index in [1.54, 1.807) is 12.5 Å². The molecule has 0 radical (unpaired) electrons. The fourth-order valence-electron chi connectivity index (χ4n) is 0.464. The van der Waals surface area contributed by atoms with Crippen LogP contribution in [0.25, 0.3) is 0 Å². The van der Waals surface area contributed by atoms with E-state index in [-0.39, 0.29) is 0 Å². The second kappa shape index (κ2) is 4.14. The normalized spacial score (nSPS) is 13.5. The monoisotopic (exact) mass is 204 g/mol. The van der Waals surface area contributed by atoms with Gasteiger partial charge in [0.25, 0.3) is 0 Å². The fourth-order valence-corrected chi connectivity index (χ4v) is 1.39. The minimum Gasteiger partial charge on any atom is -0.547 e. The number of hydrogen-bond acceptors (Lipinski definition) is 2. The molecule has 0 bridgehead atoms. The first-order valence-electron chi connectivity index (χ1n) is 4.21. The molecule has 12 heavy (non-hydrogen) atoms. The molecule has 0 aromatic rings. The summed E-state index contributed by atoms with van der Waals surface area (Å²) >= 11 is 0. The summed E-state index contributed by atoms with van der Waals surface area (Å²) in [4.78, 5) is 0. The SMILES string of the molecule is C[Si](C)(C)O/C=C/O[Si](C)(C)C. The molecule has 0 saturated carbocycles. The van der Waals surface area contributed by atoms with Crippen molar-refractivity contribution < 1.29 is 8.85 Å². The molecular weight excluding hydrogens is 184 g/mol. The Hall–Kier alpha value is -0.226. The lowest BCUT2D eigenvalue weighted by Gasteiger charge is -2.17. The Labute approximate surface area is 77.8 Å². The van der Waals surface area contributed by atoms with Gasteiger partial charge in [0, 0.05) is 0 Å². The maximum absolute atomic E-state index is 5.48. The minimum atomic E-state index is -1.40. The maximum Gasteiger partial charge on any atom is 0.241 e. The average Bonchev–Trinajstić information content (AvgIpc) is 1.76. The van der Waals surface area contributed by atoms with Gasteiger partial charge in [-0.25, -0.2) is 0 Å². The molecule has 4 heteroatoms. The topological polar surface area (TPSA) is 18.5 Å². The van der Waals surface area contributed by atoms with E-state index in [2.05, 4.69) is 39.3 Å². The second-order valence-electron chi connectivity index (χ2n) is 4.73. The van der Waals surface area contributed by atoms with Crippen LogP contribution in [0.4, 0.5) is 0 Å². The summed E-state index contributed by atoms with van der Waals surface area (Å²) < 4.78 is 11.0. The summed E-state index contributed by atoms with van der Waals surface area (Å²) in [6.45, 7) is 12.9. The van der Waals surface area contributed by atoms with Gasteiger partial charge in [0.2, 0.25) is 16.6 Å². The molecule has 0 aliphatic heterocycles. The van der Waals surface area contributed by atoms with Crippen molar-refractivity contribution >= 4 is 16.6 Å². The van der Waals surface area contributed by atoms with Gasteiger partial charge in [0.05, 0.1) is 12.5 Å². The molecule has 0 aromatic heterocycles. The molecule has 0 saturated heterocycles. The third kappa shape index (κ3) is 9.77. The molecule has 2 nitrogen and oxygen atoms in total. The third-order valence-corrected chi connectivity index (χ3v) is 2.59. The fraction of sp³-hybridized carbons (Fsp3) is 0.750. The quantitative estimate of drug-likeness (QED) is 0.517. The molecule has 0 atom stereocenters. The Bertz CT molecular complexity index is 135. The largest absolute Gasteiger partial charge is 0.547 e. The van der Waals surface area contributed by atoms with E-state index in [1.807, 2.05) is 0 Å². The van der Waals surface area contributed by atoms with Crippen molar-refractivity contribution in [2.45, 2.75) is 39.3 Å². The van der Waals surface area contributed by atoms with Crippen molar-refractivity contribution in [2.24, 2.45) is 0 Å². The molecule has 0 aliphatic carbocycles. The van der Waals surface area contributed by atoms with E-state index in [0.29, 0.717) is 0 Å². The molecule has 0 aliphatic rings. The highest BCUT2D eigenvalue weighted by atomic mass is 28.4.